The Bertz CT molecular complexity index is 677. The van der Waals surface area contributed by atoms with Gasteiger partial charge in [0.1, 0.15) is 0 Å². The van der Waals surface area contributed by atoms with E-state index in [0.29, 0.717) is 16.2 Å². The number of hydrogen-bond donors (Lipinski definition) is 0. The molecule has 1 aliphatic rings. The van der Waals surface area contributed by atoms with Crippen LogP contribution in [0.15, 0.2) is 45.2 Å². The van der Waals surface area contributed by atoms with Gasteiger partial charge in [-0.1, -0.05) is 17.2 Å². The highest BCUT2D eigenvalue weighted by molar-refractivity contribution is 7.95. The van der Waals surface area contributed by atoms with E-state index in [9.17, 15) is 8.42 Å². The second kappa shape index (κ2) is 4.97. The molecule has 1 aliphatic carbocycles. The molecule has 0 amide bonds. The number of sulfone groups is 1. The highest BCUT2D eigenvalue weighted by Crippen LogP contribution is 2.31. The number of rotatable bonds is 2. The Morgan fingerprint density at radius 3 is 2.21 bits per heavy atom. The molecular weight excluding hydrogens is 256 g/mol. The minimum absolute atomic E-state index is 0.411. The lowest BCUT2D eigenvalue weighted by molar-refractivity contribution is 0.599. The fraction of sp³-hybridized carbons (Fsp3) is 0.375. The summed E-state index contributed by atoms with van der Waals surface area (Å²) in [4.78, 5) is 0.952. The maximum absolute atomic E-state index is 12.6. The predicted molar refractivity (Wildman–Crippen MR) is 78.8 cm³/mol. The van der Waals surface area contributed by atoms with Crippen LogP contribution in [0.1, 0.15) is 37.8 Å². The Kier molecular flexibility index (Phi) is 3.68. The summed E-state index contributed by atoms with van der Waals surface area (Å²) in [5.41, 5.74) is 4.48. The smallest absolute Gasteiger partial charge is 0.202 e. The molecule has 0 aliphatic heterocycles. The van der Waals surface area contributed by atoms with Crippen LogP contribution in [0.4, 0.5) is 0 Å². The largest absolute Gasteiger partial charge is 0.219 e. The lowest BCUT2D eigenvalue weighted by atomic mass is 10.0. The van der Waals surface area contributed by atoms with Crippen LogP contribution >= 0.6 is 0 Å². The van der Waals surface area contributed by atoms with Gasteiger partial charge < -0.3 is 0 Å². The molecule has 0 N–H and O–H groups in total. The molecule has 2 nitrogen and oxygen atoms in total. The zero-order valence-corrected chi connectivity index (χ0v) is 12.8. The average Bonchev–Trinajstić information content (AvgIpc) is 2.35. The van der Waals surface area contributed by atoms with E-state index in [0.717, 1.165) is 23.1 Å². The summed E-state index contributed by atoms with van der Waals surface area (Å²) in [5, 5.41) is 0. The first-order valence-corrected chi connectivity index (χ1v) is 8.00. The van der Waals surface area contributed by atoms with Crippen LogP contribution in [0, 0.1) is 13.8 Å². The summed E-state index contributed by atoms with van der Waals surface area (Å²) in [6.45, 7) is 7.97. The summed E-state index contributed by atoms with van der Waals surface area (Å²) in [6.07, 6.45) is 3.27. The van der Waals surface area contributed by atoms with Gasteiger partial charge >= 0.3 is 0 Å². The molecule has 19 heavy (non-hydrogen) atoms. The molecule has 1 aromatic carbocycles. The normalized spacial score (nSPS) is 16.5. The Hall–Kier alpha value is -1.35. The first kappa shape index (κ1) is 14.1. The van der Waals surface area contributed by atoms with Crippen molar-refractivity contribution in [3.05, 3.63) is 51.5 Å². The van der Waals surface area contributed by atoms with Crippen molar-refractivity contribution in [1.82, 2.24) is 0 Å². The van der Waals surface area contributed by atoms with Gasteiger partial charge in [-0.05, 0) is 69.9 Å². The molecule has 1 aromatic rings. The third-order valence-electron chi connectivity index (χ3n) is 3.93. The van der Waals surface area contributed by atoms with Crippen molar-refractivity contribution in [3.63, 3.8) is 0 Å². The standard InChI is InChI=1S/C16H20O2S/c1-11-5-7-15(9-13(11)3)19(17,18)16-8-6-12(2)14(4)10-16/h5,7,9-10H,6,8H2,1-4H3. The highest BCUT2D eigenvalue weighted by Gasteiger charge is 2.23. The van der Waals surface area contributed by atoms with E-state index in [1.807, 2.05) is 32.9 Å². The van der Waals surface area contributed by atoms with Crippen LogP contribution in [0.5, 0.6) is 0 Å². The van der Waals surface area contributed by atoms with Crippen LogP contribution in [-0.2, 0) is 9.84 Å². The number of aryl methyl sites for hydroxylation is 2. The van der Waals surface area contributed by atoms with Gasteiger partial charge in [0.2, 0.25) is 9.84 Å². The summed E-state index contributed by atoms with van der Waals surface area (Å²) in [5.74, 6) is 0. The fourth-order valence-corrected chi connectivity index (χ4v) is 3.77. The Morgan fingerprint density at radius 2 is 1.63 bits per heavy atom. The summed E-state index contributed by atoms with van der Waals surface area (Å²) in [7, 11) is -3.33. The molecule has 0 saturated carbocycles. The van der Waals surface area contributed by atoms with E-state index in [2.05, 4.69) is 6.92 Å². The van der Waals surface area contributed by atoms with Gasteiger partial charge in [-0.25, -0.2) is 8.42 Å². The van der Waals surface area contributed by atoms with Crippen LogP contribution in [0.25, 0.3) is 0 Å². The van der Waals surface area contributed by atoms with Crippen LogP contribution in [-0.4, -0.2) is 8.42 Å². The third-order valence-corrected chi connectivity index (χ3v) is 5.82. The SMILES string of the molecule is CC1=C(C)CCC(S(=O)(=O)c2ccc(C)c(C)c2)=C1. The zero-order chi connectivity index (χ0) is 14.2. The minimum atomic E-state index is -3.33. The monoisotopic (exact) mass is 276 g/mol. The van der Waals surface area contributed by atoms with Crippen molar-refractivity contribution in [3.8, 4) is 0 Å². The number of hydrogen-bond acceptors (Lipinski definition) is 2. The zero-order valence-electron chi connectivity index (χ0n) is 11.9. The summed E-state index contributed by atoms with van der Waals surface area (Å²) < 4.78 is 25.2. The fourth-order valence-electron chi connectivity index (χ4n) is 2.19. The summed E-state index contributed by atoms with van der Waals surface area (Å²) >= 11 is 0. The van der Waals surface area contributed by atoms with Crippen LogP contribution in [0.3, 0.4) is 0 Å². The van der Waals surface area contributed by atoms with Crippen molar-refractivity contribution in [1.29, 1.82) is 0 Å². The van der Waals surface area contributed by atoms with Gasteiger partial charge in [0, 0.05) is 4.91 Å². The molecule has 0 heterocycles. The van der Waals surface area contributed by atoms with Gasteiger partial charge in [0.15, 0.2) is 0 Å². The van der Waals surface area contributed by atoms with Gasteiger partial charge in [-0.15, -0.1) is 0 Å². The minimum Gasteiger partial charge on any atom is -0.219 e. The van der Waals surface area contributed by atoms with Crippen molar-refractivity contribution in [2.24, 2.45) is 0 Å². The molecule has 0 spiro atoms. The second-order valence-electron chi connectivity index (χ2n) is 5.32. The van der Waals surface area contributed by atoms with Crippen LogP contribution < -0.4 is 0 Å². The number of benzene rings is 1. The van der Waals surface area contributed by atoms with E-state index in [-0.39, 0.29) is 0 Å². The van der Waals surface area contributed by atoms with Crippen molar-refractivity contribution >= 4 is 9.84 Å². The molecule has 0 fully saturated rings. The highest BCUT2D eigenvalue weighted by atomic mass is 32.2. The molecular formula is C16H20O2S. The Labute approximate surface area is 115 Å². The van der Waals surface area contributed by atoms with E-state index in [1.165, 1.54) is 5.57 Å². The first-order chi connectivity index (χ1) is 8.82. The van der Waals surface area contributed by atoms with Gasteiger partial charge in [0.05, 0.1) is 4.90 Å². The molecule has 0 atom stereocenters. The molecule has 0 radical (unpaired) electrons. The predicted octanol–water partition coefficient (Wildman–Crippen LogP) is 4.09. The lowest BCUT2D eigenvalue weighted by Gasteiger charge is -2.16. The van der Waals surface area contributed by atoms with Crippen molar-refractivity contribution < 1.29 is 8.42 Å². The molecule has 0 unspecified atom stereocenters. The first-order valence-electron chi connectivity index (χ1n) is 6.51. The van der Waals surface area contributed by atoms with Gasteiger partial charge in [0.25, 0.3) is 0 Å². The third kappa shape index (κ3) is 2.66. The Balaban J connectivity index is 2.49. The van der Waals surface area contributed by atoms with Crippen LogP contribution in [0.2, 0.25) is 0 Å². The molecule has 0 saturated heterocycles. The maximum Gasteiger partial charge on any atom is 0.202 e. The molecule has 2 rings (SSSR count). The van der Waals surface area contributed by atoms with E-state index >= 15 is 0 Å². The van der Waals surface area contributed by atoms with Crippen molar-refractivity contribution in [2.75, 3.05) is 0 Å². The number of allylic oxidation sites excluding steroid dienone is 4. The van der Waals surface area contributed by atoms with Gasteiger partial charge in [-0.2, -0.15) is 0 Å². The second-order valence-corrected chi connectivity index (χ2v) is 7.33. The molecule has 102 valence electrons. The molecule has 0 aromatic heterocycles. The average molecular weight is 276 g/mol. The van der Waals surface area contributed by atoms with E-state index < -0.39 is 9.84 Å². The van der Waals surface area contributed by atoms with Gasteiger partial charge in [-0.3, -0.25) is 0 Å². The van der Waals surface area contributed by atoms with E-state index in [1.54, 1.807) is 12.1 Å². The topological polar surface area (TPSA) is 34.1 Å². The van der Waals surface area contributed by atoms with Crippen molar-refractivity contribution in [2.45, 2.75) is 45.4 Å². The maximum atomic E-state index is 12.6. The lowest BCUT2D eigenvalue weighted by Crippen LogP contribution is -2.09. The molecule has 0 bridgehead atoms. The Morgan fingerprint density at radius 1 is 0.947 bits per heavy atom. The summed E-state index contributed by atoms with van der Waals surface area (Å²) in [6, 6.07) is 5.35. The van der Waals surface area contributed by atoms with E-state index in [4.69, 9.17) is 0 Å². The quantitative estimate of drug-likeness (QED) is 0.815. The molecule has 3 heteroatoms.